The van der Waals surface area contributed by atoms with Gasteiger partial charge in [0.05, 0.1) is 9.82 Å². The summed E-state index contributed by atoms with van der Waals surface area (Å²) in [6, 6.07) is 12.2. The van der Waals surface area contributed by atoms with Gasteiger partial charge in [-0.2, -0.15) is 0 Å². The van der Waals surface area contributed by atoms with Crippen LogP contribution in [0.3, 0.4) is 0 Å². The summed E-state index contributed by atoms with van der Waals surface area (Å²) in [5, 5.41) is 10.8. The molecule has 2 aromatic carbocycles. The minimum atomic E-state index is -3.83. The van der Waals surface area contributed by atoms with Crippen LogP contribution >= 0.6 is 0 Å². The van der Waals surface area contributed by atoms with Crippen molar-refractivity contribution in [2.24, 2.45) is 0 Å². The second-order valence-corrected chi connectivity index (χ2v) is 6.91. The number of nitro groups is 1. The zero-order valence-corrected chi connectivity index (χ0v) is 13.7. The van der Waals surface area contributed by atoms with Gasteiger partial charge >= 0.3 is 0 Å². The summed E-state index contributed by atoms with van der Waals surface area (Å²) >= 11 is 0. The second kappa shape index (κ2) is 6.89. The number of hydrogen-bond acceptors (Lipinski definition) is 4. The summed E-state index contributed by atoms with van der Waals surface area (Å²) in [5.41, 5.74) is 1.74. The van der Waals surface area contributed by atoms with E-state index in [4.69, 9.17) is 0 Å². The van der Waals surface area contributed by atoms with Gasteiger partial charge in [-0.3, -0.25) is 10.1 Å². The Morgan fingerprint density at radius 3 is 2.39 bits per heavy atom. The van der Waals surface area contributed by atoms with Crippen molar-refractivity contribution < 1.29 is 13.3 Å². The number of nitrogens with one attached hydrogen (secondary N) is 1. The van der Waals surface area contributed by atoms with Crippen molar-refractivity contribution in [3.05, 3.63) is 69.8 Å². The maximum Gasteiger partial charge on any atom is 0.270 e. The molecule has 1 N–H and O–H groups in total. The molecule has 0 aliphatic rings. The molecule has 0 bridgehead atoms. The van der Waals surface area contributed by atoms with Gasteiger partial charge in [-0.05, 0) is 30.5 Å². The Hall–Kier alpha value is -2.25. The lowest BCUT2D eigenvalue weighted by atomic mass is 10.1. The first kappa shape index (κ1) is 17.1. The van der Waals surface area contributed by atoms with Crippen LogP contribution in [0.5, 0.6) is 0 Å². The first-order valence-corrected chi connectivity index (χ1v) is 8.67. The third kappa shape index (κ3) is 4.14. The number of rotatable bonds is 6. The van der Waals surface area contributed by atoms with E-state index < -0.39 is 21.0 Å². The third-order valence-electron chi connectivity index (χ3n) is 3.56. The van der Waals surface area contributed by atoms with Crippen molar-refractivity contribution >= 4 is 15.7 Å². The summed E-state index contributed by atoms with van der Waals surface area (Å²) in [5.74, 6) is 0. The molecule has 23 heavy (non-hydrogen) atoms. The molecular formula is C16H18N2O4S. The SMILES string of the molecule is CCc1ccc([C@H](C)NS(=O)(=O)c2cccc([N+](=O)[O-])c2)cc1. The van der Waals surface area contributed by atoms with Gasteiger partial charge in [-0.25, -0.2) is 13.1 Å². The van der Waals surface area contributed by atoms with E-state index >= 15 is 0 Å². The Kier molecular flexibility index (Phi) is 5.12. The summed E-state index contributed by atoms with van der Waals surface area (Å²) in [7, 11) is -3.83. The van der Waals surface area contributed by atoms with Crippen molar-refractivity contribution in [2.75, 3.05) is 0 Å². The summed E-state index contributed by atoms with van der Waals surface area (Å²) < 4.78 is 27.3. The van der Waals surface area contributed by atoms with Gasteiger partial charge in [0.1, 0.15) is 0 Å². The van der Waals surface area contributed by atoms with Gasteiger partial charge in [0.25, 0.3) is 5.69 Å². The normalized spacial score (nSPS) is 12.8. The first-order valence-electron chi connectivity index (χ1n) is 7.19. The van der Waals surface area contributed by atoms with E-state index in [9.17, 15) is 18.5 Å². The highest BCUT2D eigenvalue weighted by molar-refractivity contribution is 7.89. The van der Waals surface area contributed by atoms with Crippen LogP contribution in [0, 0.1) is 10.1 Å². The number of non-ortho nitro benzene ring substituents is 1. The average Bonchev–Trinajstić information content (AvgIpc) is 2.54. The molecule has 0 unspecified atom stereocenters. The highest BCUT2D eigenvalue weighted by Gasteiger charge is 2.20. The van der Waals surface area contributed by atoms with Crippen LogP contribution in [0.4, 0.5) is 5.69 Å². The van der Waals surface area contributed by atoms with Crippen molar-refractivity contribution in [2.45, 2.75) is 31.2 Å². The zero-order valence-electron chi connectivity index (χ0n) is 12.9. The molecule has 6 nitrogen and oxygen atoms in total. The summed E-state index contributed by atoms with van der Waals surface area (Å²) in [6.07, 6.45) is 0.911. The monoisotopic (exact) mass is 334 g/mol. The van der Waals surface area contributed by atoms with Crippen molar-refractivity contribution in [1.29, 1.82) is 0 Å². The van der Waals surface area contributed by atoms with Gasteiger partial charge in [0, 0.05) is 18.2 Å². The molecule has 0 saturated heterocycles. The quantitative estimate of drug-likeness (QED) is 0.649. The van der Waals surface area contributed by atoms with Crippen LogP contribution in [0.25, 0.3) is 0 Å². The van der Waals surface area contributed by atoms with Crippen molar-refractivity contribution in [3.8, 4) is 0 Å². The Morgan fingerprint density at radius 2 is 1.83 bits per heavy atom. The van der Waals surface area contributed by atoms with E-state index in [1.807, 2.05) is 31.2 Å². The molecule has 0 saturated carbocycles. The Bertz CT molecular complexity index is 801. The highest BCUT2D eigenvalue weighted by Crippen LogP contribution is 2.20. The lowest BCUT2D eigenvalue weighted by Gasteiger charge is -2.15. The summed E-state index contributed by atoms with van der Waals surface area (Å²) in [6.45, 7) is 3.78. The minimum absolute atomic E-state index is 0.122. The Morgan fingerprint density at radius 1 is 1.17 bits per heavy atom. The van der Waals surface area contributed by atoms with Gasteiger partial charge in [0.15, 0.2) is 0 Å². The van der Waals surface area contributed by atoms with E-state index in [2.05, 4.69) is 4.72 Å². The van der Waals surface area contributed by atoms with Crippen LogP contribution in [0.15, 0.2) is 53.4 Å². The van der Waals surface area contributed by atoms with Gasteiger partial charge in [-0.15, -0.1) is 0 Å². The fourth-order valence-electron chi connectivity index (χ4n) is 2.18. The van der Waals surface area contributed by atoms with Crippen LogP contribution in [0.1, 0.15) is 31.0 Å². The predicted molar refractivity (Wildman–Crippen MR) is 87.7 cm³/mol. The summed E-state index contributed by atoms with van der Waals surface area (Å²) in [4.78, 5) is 10.0. The maximum atomic E-state index is 12.4. The first-order chi connectivity index (χ1) is 10.8. The van der Waals surface area contributed by atoms with Gasteiger partial charge in [-0.1, -0.05) is 37.3 Å². The smallest absolute Gasteiger partial charge is 0.258 e. The Balaban J connectivity index is 2.22. The molecule has 0 radical (unpaired) electrons. The molecule has 1 atom stereocenters. The number of benzene rings is 2. The third-order valence-corrected chi connectivity index (χ3v) is 5.10. The highest BCUT2D eigenvalue weighted by atomic mass is 32.2. The van der Waals surface area contributed by atoms with Crippen LogP contribution in [0.2, 0.25) is 0 Å². The zero-order chi connectivity index (χ0) is 17.0. The fourth-order valence-corrected chi connectivity index (χ4v) is 3.45. The van der Waals surface area contributed by atoms with E-state index in [0.717, 1.165) is 18.1 Å². The maximum absolute atomic E-state index is 12.4. The molecule has 0 aliphatic carbocycles. The minimum Gasteiger partial charge on any atom is -0.258 e. The largest absolute Gasteiger partial charge is 0.270 e. The molecule has 2 aromatic rings. The topological polar surface area (TPSA) is 89.3 Å². The number of sulfonamides is 1. The molecule has 122 valence electrons. The lowest BCUT2D eigenvalue weighted by molar-refractivity contribution is -0.385. The molecule has 0 heterocycles. The number of nitro benzene ring substituents is 1. The van der Waals surface area contributed by atoms with E-state index in [1.165, 1.54) is 23.8 Å². The van der Waals surface area contributed by atoms with E-state index in [0.29, 0.717) is 0 Å². The van der Waals surface area contributed by atoms with Gasteiger partial charge < -0.3 is 0 Å². The number of aryl methyl sites for hydroxylation is 1. The number of hydrogen-bond donors (Lipinski definition) is 1. The lowest BCUT2D eigenvalue weighted by Crippen LogP contribution is -2.26. The molecule has 0 aromatic heterocycles. The average molecular weight is 334 g/mol. The molecule has 0 aliphatic heterocycles. The Labute approximate surface area is 135 Å². The standard InChI is InChI=1S/C16H18N2O4S/c1-3-13-7-9-14(10-8-13)12(2)17-23(21,22)16-6-4-5-15(11-16)18(19)20/h4-12,17H,3H2,1-2H3/t12-/m0/s1. The van der Waals surface area contributed by atoms with E-state index in [-0.39, 0.29) is 10.6 Å². The fraction of sp³-hybridized carbons (Fsp3) is 0.250. The molecular weight excluding hydrogens is 316 g/mol. The van der Waals surface area contributed by atoms with Crippen LogP contribution in [-0.4, -0.2) is 13.3 Å². The van der Waals surface area contributed by atoms with Gasteiger partial charge in [0.2, 0.25) is 10.0 Å². The predicted octanol–water partition coefficient (Wildman–Crippen LogP) is 3.20. The molecule has 0 spiro atoms. The van der Waals surface area contributed by atoms with Crippen molar-refractivity contribution in [1.82, 2.24) is 4.72 Å². The molecule has 7 heteroatoms. The molecule has 0 amide bonds. The molecule has 2 rings (SSSR count). The van der Waals surface area contributed by atoms with Crippen molar-refractivity contribution in [3.63, 3.8) is 0 Å². The molecule has 0 fully saturated rings. The number of nitrogens with zero attached hydrogens (tertiary/aromatic N) is 1. The van der Waals surface area contributed by atoms with Crippen LogP contribution in [-0.2, 0) is 16.4 Å². The second-order valence-electron chi connectivity index (χ2n) is 5.19. The van der Waals surface area contributed by atoms with E-state index in [1.54, 1.807) is 6.92 Å². The van der Waals surface area contributed by atoms with Crippen LogP contribution < -0.4 is 4.72 Å².